The highest BCUT2D eigenvalue weighted by atomic mass is 16.5. The second-order valence-corrected chi connectivity index (χ2v) is 3.82. The molecule has 0 bridgehead atoms. The van der Waals surface area contributed by atoms with E-state index in [2.05, 4.69) is 0 Å². The minimum absolute atomic E-state index is 0.245. The van der Waals surface area contributed by atoms with Gasteiger partial charge in [-0.1, -0.05) is 30.3 Å². The Morgan fingerprint density at radius 1 is 1.33 bits per heavy atom. The zero-order valence-corrected chi connectivity index (χ0v) is 8.56. The summed E-state index contributed by atoms with van der Waals surface area (Å²) in [5.74, 6) is 0.379. The van der Waals surface area contributed by atoms with Gasteiger partial charge in [0.2, 0.25) is 0 Å². The van der Waals surface area contributed by atoms with E-state index in [-0.39, 0.29) is 5.97 Å². The van der Waals surface area contributed by atoms with E-state index in [1.165, 1.54) is 18.9 Å². The first-order valence-electron chi connectivity index (χ1n) is 5.24. The zero-order valence-electron chi connectivity index (χ0n) is 8.56. The van der Waals surface area contributed by atoms with Gasteiger partial charge in [-0.2, -0.15) is 0 Å². The lowest BCUT2D eigenvalue weighted by molar-refractivity contribution is -0.138. The third-order valence-electron chi connectivity index (χ3n) is 2.37. The van der Waals surface area contributed by atoms with E-state index < -0.39 is 0 Å². The molecule has 1 fully saturated rings. The van der Waals surface area contributed by atoms with Gasteiger partial charge >= 0.3 is 5.97 Å². The molecule has 0 atom stereocenters. The molecule has 2 nitrogen and oxygen atoms in total. The van der Waals surface area contributed by atoms with Crippen molar-refractivity contribution in [3.8, 4) is 0 Å². The number of esters is 1. The molecule has 0 amide bonds. The number of hydrogen-bond acceptors (Lipinski definition) is 2. The van der Waals surface area contributed by atoms with Gasteiger partial charge in [-0.05, 0) is 30.4 Å². The number of carbonyl (C=O) groups is 1. The number of ether oxygens (including phenoxy) is 1. The molecule has 0 aliphatic heterocycles. The Bertz CT molecular complexity index is 350. The van der Waals surface area contributed by atoms with Gasteiger partial charge < -0.3 is 4.74 Å². The van der Waals surface area contributed by atoms with E-state index in [1.54, 1.807) is 6.08 Å². The number of rotatable bonds is 4. The van der Waals surface area contributed by atoms with Crippen LogP contribution in [0.2, 0.25) is 0 Å². The summed E-state index contributed by atoms with van der Waals surface area (Å²) in [6, 6.07) is 9.72. The predicted octanol–water partition coefficient (Wildman–Crippen LogP) is 2.65. The molecule has 1 aromatic carbocycles. The quantitative estimate of drug-likeness (QED) is 0.554. The smallest absolute Gasteiger partial charge is 0.330 e. The summed E-state index contributed by atoms with van der Waals surface area (Å²) in [5, 5.41) is 0. The monoisotopic (exact) mass is 202 g/mol. The molecule has 1 aromatic rings. The largest absolute Gasteiger partial charge is 0.462 e. The molecule has 2 rings (SSSR count). The summed E-state index contributed by atoms with van der Waals surface area (Å²) in [4.78, 5) is 11.2. The fourth-order valence-electron chi connectivity index (χ4n) is 1.26. The third-order valence-corrected chi connectivity index (χ3v) is 2.37. The molecule has 0 aromatic heterocycles. The van der Waals surface area contributed by atoms with Crippen molar-refractivity contribution in [2.45, 2.75) is 12.8 Å². The molecule has 1 saturated carbocycles. The average molecular weight is 202 g/mol. The van der Waals surface area contributed by atoms with Crippen molar-refractivity contribution in [3.05, 3.63) is 42.0 Å². The molecular weight excluding hydrogens is 188 g/mol. The number of carbonyl (C=O) groups excluding carboxylic acids is 1. The molecule has 0 spiro atoms. The van der Waals surface area contributed by atoms with Gasteiger partial charge in [0.25, 0.3) is 0 Å². The first-order chi connectivity index (χ1) is 7.34. The van der Waals surface area contributed by atoms with Crippen LogP contribution in [-0.2, 0) is 9.53 Å². The Balaban J connectivity index is 1.79. The van der Waals surface area contributed by atoms with E-state index in [0.717, 1.165) is 5.56 Å². The summed E-state index contributed by atoms with van der Waals surface area (Å²) < 4.78 is 5.06. The maximum Gasteiger partial charge on any atom is 0.330 e. The van der Waals surface area contributed by atoms with Crippen LogP contribution in [0.3, 0.4) is 0 Å². The molecule has 0 radical (unpaired) electrons. The summed E-state index contributed by atoms with van der Waals surface area (Å²) in [7, 11) is 0. The van der Waals surface area contributed by atoms with Crippen LogP contribution in [0.1, 0.15) is 18.4 Å². The molecule has 2 heteroatoms. The lowest BCUT2D eigenvalue weighted by Crippen LogP contribution is -2.03. The zero-order chi connectivity index (χ0) is 10.5. The van der Waals surface area contributed by atoms with Crippen molar-refractivity contribution < 1.29 is 9.53 Å². The van der Waals surface area contributed by atoms with Gasteiger partial charge in [0.1, 0.15) is 0 Å². The van der Waals surface area contributed by atoms with Gasteiger partial charge in [-0.3, -0.25) is 0 Å². The molecule has 0 unspecified atom stereocenters. The van der Waals surface area contributed by atoms with Gasteiger partial charge in [0.05, 0.1) is 6.61 Å². The number of hydrogen-bond donors (Lipinski definition) is 0. The fraction of sp³-hybridized carbons (Fsp3) is 0.308. The highest BCUT2D eigenvalue weighted by Crippen LogP contribution is 2.28. The molecule has 0 N–H and O–H groups in total. The van der Waals surface area contributed by atoms with E-state index in [9.17, 15) is 4.79 Å². The van der Waals surface area contributed by atoms with E-state index in [1.807, 2.05) is 30.3 Å². The summed E-state index contributed by atoms with van der Waals surface area (Å²) in [6.07, 6.45) is 5.66. The van der Waals surface area contributed by atoms with Crippen LogP contribution in [0.5, 0.6) is 0 Å². The van der Waals surface area contributed by atoms with Crippen molar-refractivity contribution in [1.29, 1.82) is 0 Å². The fourth-order valence-corrected chi connectivity index (χ4v) is 1.26. The first-order valence-corrected chi connectivity index (χ1v) is 5.24. The maximum atomic E-state index is 11.2. The summed E-state index contributed by atoms with van der Waals surface area (Å²) >= 11 is 0. The Labute approximate surface area is 89.6 Å². The Morgan fingerprint density at radius 2 is 2.07 bits per heavy atom. The molecule has 15 heavy (non-hydrogen) atoms. The second kappa shape index (κ2) is 4.78. The van der Waals surface area contributed by atoms with Gasteiger partial charge in [-0.25, -0.2) is 4.79 Å². The normalized spacial score (nSPS) is 15.5. The minimum atomic E-state index is -0.245. The van der Waals surface area contributed by atoms with Crippen LogP contribution in [0.15, 0.2) is 36.4 Å². The SMILES string of the molecule is O=C(/C=C/c1ccccc1)OCC1CC1. The van der Waals surface area contributed by atoms with Crippen molar-refractivity contribution in [1.82, 2.24) is 0 Å². The Hall–Kier alpha value is -1.57. The standard InChI is InChI=1S/C13H14O2/c14-13(15-10-12-6-7-12)9-8-11-4-2-1-3-5-11/h1-5,8-9,12H,6-7,10H2/b9-8+. The lowest BCUT2D eigenvalue weighted by Gasteiger charge is -1.98. The minimum Gasteiger partial charge on any atom is -0.462 e. The molecular formula is C13H14O2. The van der Waals surface area contributed by atoms with E-state index in [0.29, 0.717) is 12.5 Å². The van der Waals surface area contributed by atoms with Crippen LogP contribution >= 0.6 is 0 Å². The van der Waals surface area contributed by atoms with Gasteiger partial charge in [0.15, 0.2) is 0 Å². The number of benzene rings is 1. The van der Waals surface area contributed by atoms with Crippen molar-refractivity contribution in [2.75, 3.05) is 6.61 Å². The maximum absolute atomic E-state index is 11.2. The first kappa shape index (κ1) is 9.97. The highest BCUT2D eigenvalue weighted by molar-refractivity contribution is 5.87. The average Bonchev–Trinajstić information content (AvgIpc) is 3.09. The molecule has 1 aliphatic carbocycles. The summed E-state index contributed by atoms with van der Waals surface area (Å²) in [5.41, 5.74) is 1.01. The second-order valence-electron chi connectivity index (χ2n) is 3.82. The van der Waals surface area contributed by atoms with Crippen LogP contribution in [0, 0.1) is 5.92 Å². The topological polar surface area (TPSA) is 26.3 Å². The van der Waals surface area contributed by atoms with Crippen LogP contribution < -0.4 is 0 Å². The third kappa shape index (κ3) is 3.58. The predicted molar refractivity (Wildman–Crippen MR) is 59.2 cm³/mol. The Morgan fingerprint density at radius 3 is 2.73 bits per heavy atom. The van der Waals surface area contributed by atoms with Crippen molar-refractivity contribution >= 4 is 12.0 Å². The van der Waals surface area contributed by atoms with Crippen molar-refractivity contribution in [2.24, 2.45) is 5.92 Å². The van der Waals surface area contributed by atoms with Crippen LogP contribution in [0.4, 0.5) is 0 Å². The van der Waals surface area contributed by atoms with Gasteiger partial charge in [-0.15, -0.1) is 0 Å². The lowest BCUT2D eigenvalue weighted by atomic mass is 10.2. The Kier molecular flexibility index (Phi) is 3.18. The van der Waals surface area contributed by atoms with E-state index >= 15 is 0 Å². The van der Waals surface area contributed by atoms with Crippen LogP contribution in [-0.4, -0.2) is 12.6 Å². The van der Waals surface area contributed by atoms with E-state index in [4.69, 9.17) is 4.74 Å². The molecule has 78 valence electrons. The molecule has 0 heterocycles. The summed E-state index contributed by atoms with van der Waals surface area (Å²) in [6.45, 7) is 0.581. The highest BCUT2D eigenvalue weighted by Gasteiger charge is 2.22. The molecule has 0 saturated heterocycles. The van der Waals surface area contributed by atoms with Crippen molar-refractivity contribution in [3.63, 3.8) is 0 Å². The van der Waals surface area contributed by atoms with Gasteiger partial charge in [0, 0.05) is 6.08 Å². The molecule has 1 aliphatic rings. The van der Waals surface area contributed by atoms with Crippen LogP contribution in [0.25, 0.3) is 6.08 Å².